The van der Waals surface area contributed by atoms with Crippen LogP contribution in [-0.4, -0.2) is 38.1 Å². The van der Waals surface area contributed by atoms with Crippen molar-refractivity contribution in [3.63, 3.8) is 0 Å². The van der Waals surface area contributed by atoms with Crippen molar-refractivity contribution in [3.8, 4) is 0 Å². The number of hydrogen-bond acceptors (Lipinski definition) is 7. The number of benzene rings is 1. The fourth-order valence-electron chi connectivity index (χ4n) is 6.92. The topological polar surface area (TPSA) is 110 Å². The zero-order valence-electron chi connectivity index (χ0n) is 36.8. The number of hydrogen-bond donors (Lipinski definition) is 0. The SMILES string of the molecule is CCCCCCCCCCCCC/C=C/CCCCCOC(=O)c1ccc(S(=O)(=O)[O-])cc1C(=O)OCCCCC/C=C/CCCCCCCCCCCCC.[K+]. The summed E-state index contributed by atoms with van der Waals surface area (Å²) in [5.74, 6) is -1.58. The Kier molecular flexibility index (Phi) is 40.0. The van der Waals surface area contributed by atoms with Crippen LogP contribution in [0.5, 0.6) is 0 Å². The van der Waals surface area contributed by atoms with Crippen molar-refractivity contribution in [2.75, 3.05) is 13.2 Å². The van der Waals surface area contributed by atoms with Gasteiger partial charge < -0.3 is 14.0 Å². The molecule has 0 saturated carbocycles. The van der Waals surface area contributed by atoms with E-state index in [1.807, 2.05) is 0 Å². The number of carbonyl (C=O) groups excluding carboxylic acids is 2. The van der Waals surface area contributed by atoms with Gasteiger partial charge in [-0.3, -0.25) is 0 Å². The van der Waals surface area contributed by atoms with Crippen LogP contribution in [0.25, 0.3) is 0 Å². The summed E-state index contributed by atoms with van der Waals surface area (Å²) in [7, 11) is -4.82. The van der Waals surface area contributed by atoms with Crippen molar-refractivity contribution < 1.29 is 83.4 Å². The van der Waals surface area contributed by atoms with Gasteiger partial charge in [0.1, 0.15) is 10.1 Å². The molecule has 9 heteroatoms. The monoisotopic (exact) mass is 841 g/mol. The van der Waals surface area contributed by atoms with Crippen LogP contribution >= 0.6 is 0 Å². The Morgan fingerprint density at radius 2 is 0.772 bits per heavy atom. The zero-order valence-corrected chi connectivity index (χ0v) is 40.8. The maximum absolute atomic E-state index is 12.9. The maximum Gasteiger partial charge on any atom is 1.00 e. The van der Waals surface area contributed by atoms with E-state index in [1.165, 1.54) is 141 Å². The van der Waals surface area contributed by atoms with E-state index < -0.39 is 27.0 Å². The molecule has 0 saturated heterocycles. The van der Waals surface area contributed by atoms with Gasteiger partial charge in [0.05, 0.1) is 29.2 Å². The van der Waals surface area contributed by atoms with Crippen LogP contribution in [0.15, 0.2) is 47.4 Å². The van der Waals surface area contributed by atoms with Crippen molar-refractivity contribution >= 4 is 22.1 Å². The van der Waals surface area contributed by atoms with Crippen molar-refractivity contribution in [1.82, 2.24) is 0 Å². The standard InChI is InChI=1S/C48H82O7S.K/c1-3-5-7-9-11-13-15-17-19-21-23-25-27-29-31-33-35-37-41-54-47(49)45-40-39-44(56(51,52)53)43-46(45)48(50)55-42-38-36-34-32-30-28-26-24-22-20-18-16-14-12-10-8-6-4-2;/h27-30,39-40,43H,3-26,31-38,41-42H2,1-2H3,(H,51,52,53);/q;+1/p-1/b29-27+,30-28+;. The third kappa shape index (κ3) is 33.6. The van der Waals surface area contributed by atoms with Gasteiger partial charge in [0.2, 0.25) is 0 Å². The van der Waals surface area contributed by atoms with E-state index >= 15 is 0 Å². The van der Waals surface area contributed by atoms with E-state index in [9.17, 15) is 22.6 Å². The fraction of sp³-hybridized carbons (Fsp3) is 0.750. The number of esters is 2. The number of ether oxygens (including phenoxy) is 2. The second-order valence-corrected chi connectivity index (χ2v) is 17.1. The van der Waals surface area contributed by atoms with Gasteiger partial charge in [0.25, 0.3) is 0 Å². The molecule has 0 aliphatic carbocycles. The largest absolute Gasteiger partial charge is 1.00 e. The first kappa shape index (κ1) is 56.2. The van der Waals surface area contributed by atoms with Gasteiger partial charge in [-0.2, -0.15) is 0 Å². The van der Waals surface area contributed by atoms with E-state index in [-0.39, 0.29) is 75.7 Å². The van der Waals surface area contributed by atoms with E-state index in [0.717, 1.165) is 69.6 Å². The minimum absolute atomic E-state index is 0. The van der Waals surface area contributed by atoms with Gasteiger partial charge >= 0.3 is 63.3 Å². The molecule has 0 atom stereocenters. The quantitative estimate of drug-likeness (QED) is 0.0213. The number of allylic oxidation sites excluding steroid dienone is 4. The van der Waals surface area contributed by atoms with E-state index in [2.05, 4.69) is 38.2 Å². The molecule has 0 bridgehead atoms. The molecule has 0 unspecified atom stereocenters. The van der Waals surface area contributed by atoms with Crippen molar-refractivity contribution in [3.05, 3.63) is 53.6 Å². The summed E-state index contributed by atoms with van der Waals surface area (Å²) in [6.45, 7) is 4.85. The molecular weight excluding hydrogens is 760 g/mol. The molecule has 7 nitrogen and oxygen atoms in total. The smallest absolute Gasteiger partial charge is 0.744 e. The second kappa shape index (κ2) is 40.6. The molecular formula is C48H81KO7S. The van der Waals surface area contributed by atoms with Crippen LogP contribution in [0.4, 0.5) is 0 Å². The van der Waals surface area contributed by atoms with Gasteiger partial charge in [-0.1, -0.05) is 167 Å². The van der Waals surface area contributed by atoms with Gasteiger partial charge in [-0.15, -0.1) is 0 Å². The third-order valence-corrected chi connectivity index (χ3v) is 11.3. The summed E-state index contributed by atoms with van der Waals surface area (Å²) >= 11 is 0. The summed E-state index contributed by atoms with van der Waals surface area (Å²) in [6, 6.07) is 3.11. The first-order valence-corrected chi connectivity index (χ1v) is 24.5. The predicted octanol–water partition coefficient (Wildman–Crippen LogP) is 11.5. The van der Waals surface area contributed by atoms with E-state index in [4.69, 9.17) is 9.47 Å². The summed E-state index contributed by atoms with van der Waals surface area (Å²) in [6.07, 6.45) is 48.0. The Bertz CT molecular complexity index is 1280. The van der Waals surface area contributed by atoms with Crippen molar-refractivity contribution in [2.24, 2.45) is 0 Å². The molecule has 0 fully saturated rings. The Morgan fingerprint density at radius 1 is 0.474 bits per heavy atom. The number of carbonyl (C=O) groups is 2. The molecule has 1 aromatic carbocycles. The van der Waals surface area contributed by atoms with Crippen LogP contribution in [0.2, 0.25) is 0 Å². The van der Waals surface area contributed by atoms with Gasteiger partial charge in [0, 0.05) is 0 Å². The van der Waals surface area contributed by atoms with E-state index in [0.29, 0.717) is 12.8 Å². The molecule has 0 aliphatic rings. The average Bonchev–Trinajstić information content (AvgIpc) is 3.18. The van der Waals surface area contributed by atoms with Crippen molar-refractivity contribution in [2.45, 2.75) is 224 Å². The molecule has 322 valence electrons. The van der Waals surface area contributed by atoms with Crippen LogP contribution < -0.4 is 51.4 Å². The summed E-state index contributed by atoms with van der Waals surface area (Å²) in [5.41, 5.74) is -0.365. The molecule has 1 aromatic rings. The van der Waals surface area contributed by atoms with Crippen LogP contribution in [0.1, 0.15) is 240 Å². The number of rotatable bonds is 39. The molecule has 0 amide bonds. The Balaban J connectivity index is 0.0000314. The molecule has 0 radical (unpaired) electrons. The summed E-state index contributed by atoms with van der Waals surface area (Å²) < 4.78 is 45.8. The first-order valence-electron chi connectivity index (χ1n) is 23.0. The number of unbranched alkanes of at least 4 members (excludes halogenated alkanes) is 28. The van der Waals surface area contributed by atoms with E-state index in [1.54, 1.807) is 0 Å². The molecule has 0 aromatic heterocycles. The van der Waals surface area contributed by atoms with Gasteiger partial charge in [-0.25, -0.2) is 18.0 Å². The second-order valence-electron chi connectivity index (χ2n) is 15.7. The van der Waals surface area contributed by atoms with Crippen LogP contribution in [-0.2, 0) is 19.6 Å². The third-order valence-electron chi connectivity index (χ3n) is 10.5. The zero-order chi connectivity index (χ0) is 40.8. The van der Waals surface area contributed by atoms with Crippen molar-refractivity contribution in [1.29, 1.82) is 0 Å². The van der Waals surface area contributed by atoms with Crippen LogP contribution in [0.3, 0.4) is 0 Å². The summed E-state index contributed by atoms with van der Waals surface area (Å²) in [5, 5.41) is 0. The molecule has 1 rings (SSSR count). The van der Waals surface area contributed by atoms with Gasteiger partial charge in [0.15, 0.2) is 0 Å². The summed E-state index contributed by atoms with van der Waals surface area (Å²) in [4.78, 5) is 25.2. The first-order chi connectivity index (χ1) is 27.3. The molecule has 0 spiro atoms. The van der Waals surface area contributed by atoms with Gasteiger partial charge in [-0.05, 0) is 95.2 Å². The normalized spacial score (nSPS) is 11.7. The minimum atomic E-state index is -4.82. The molecule has 0 N–H and O–H groups in total. The minimum Gasteiger partial charge on any atom is -0.744 e. The Hall–Kier alpha value is -0.814. The average molecular weight is 841 g/mol. The predicted molar refractivity (Wildman–Crippen MR) is 232 cm³/mol. The molecule has 0 heterocycles. The molecule has 0 aliphatic heterocycles. The van der Waals surface area contributed by atoms with Crippen LogP contribution in [0, 0.1) is 0 Å². The maximum atomic E-state index is 12.9. The Morgan fingerprint density at radius 3 is 1.11 bits per heavy atom. The molecule has 57 heavy (non-hydrogen) atoms. The Labute approximate surface area is 392 Å². The fourth-order valence-corrected chi connectivity index (χ4v) is 7.41.